The minimum absolute atomic E-state index is 0.202. The van der Waals surface area contributed by atoms with Gasteiger partial charge in [0, 0.05) is 12.1 Å². The molecule has 1 atom stereocenters. The van der Waals surface area contributed by atoms with Crippen molar-refractivity contribution in [2.75, 3.05) is 13.7 Å². The van der Waals surface area contributed by atoms with E-state index in [9.17, 15) is 0 Å². The third kappa shape index (κ3) is 4.16. The normalized spacial score (nSPS) is 14.5. The summed E-state index contributed by atoms with van der Waals surface area (Å²) in [6.07, 6.45) is 3.16. The van der Waals surface area contributed by atoms with E-state index < -0.39 is 5.60 Å². The van der Waals surface area contributed by atoms with Crippen molar-refractivity contribution in [3.05, 3.63) is 40.9 Å². The fourth-order valence-electron chi connectivity index (χ4n) is 2.29. The van der Waals surface area contributed by atoms with E-state index in [0.29, 0.717) is 28.9 Å². The number of nitrogens with zero attached hydrogens (tertiary/aromatic N) is 3. The summed E-state index contributed by atoms with van der Waals surface area (Å²) in [7, 11) is 1.68. The fraction of sp³-hybridized carbons (Fsp3) is 0.500. The minimum Gasteiger partial charge on any atom is -0.489 e. The molecule has 126 valence electrons. The summed E-state index contributed by atoms with van der Waals surface area (Å²) in [5.41, 5.74) is -0.809. The van der Waals surface area contributed by atoms with Crippen LogP contribution in [0.3, 0.4) is 0 Å². The Morgan fingerprint density at radius 3 is 2.48 bits per heavy atom. The summed E-state index contributed by atoms with van der Waals surface area (Å²) in [6, 6.07) is 5.15. The van der Waals surface area contributed by atoms with Crippen LogP contribution in [0.5, 0.6) is 5.75 Å². The Bertz CT molecular complexity index is 641. The van der Waals surface area contributed by atoms with Gasteiger partial charge in [0.15, 0.2) is 0 Å². The molecule has 0 saturated heterocycles. The lowest BCUT2D eigenvalue weighted by molar-refractivity contribution is -0.129. The van der Waals surface area contributed by atoms with E-state index in [2.05, 4.69) is 30.9 Å². The quantitative estimate of drug-likeness (QED) is 0.780. The molecule has 0 aliphatic carbocycles. The molecule has 0 amide bonds. The van der Waals surface area contributed by atoms with Crippen LogP contribution in [0.2, 0.25) is 10.0 Å². The van der Waals surface area contributed by atoms with Crippen molar-refractivity contribution in [2.24, 2.45) is 5.41 Å². The Morgan fingerprint density at radius 1 is 1.22 bits per heavy atom. The highest BCUT2D eigenvalue weighted by Gasteiger charge is 2.44. The second kappa shape index (κ2) is 7.07. The molecule has 0 spiro atoms. The summed E-state index contributed by atoms with van der Waals surface area (Å²) in [5.74, 6) is 0.570. The molecule has 0 fully saturated rings. The number of halogens is 2. The number of methoxy groups -OCH3 is 1. The monoisotopic (exact) mass is 357 g/mol. The predicted molar refractivity (Wildman–Crippen MR) is 91.2 cm³/mol. The number of hydrogen-bond donors (Lipinski definition) is 0. The largest absolute Gasteiger partial charge is 0.489 e. The third-order valence-electron chi connectivity index (χ3n) is 4.00. The first-order valence-corrected chi connectivity index (χ1v) is 7.98. The van der Waals surface area contributed by atoms with E-state index >= 15 is 0 Å². The first-order chi connectivity index (χ1) is 10.8. The molecule has 2 aromatic rings. The summed E-state index contributed by atoms with van der Waals surface area (Å²) in [5, 5.41) is 5.21. The predicted octanol–water partition coefficient (Wildman–Crippen LogP) is 4.10. The number of aromatic nitrogens is 3. The molecule has 1 unspecified atom stereocenters. The average molecular weight is 358 g/mol. The van der Waals surface area contributed by atoms with Crippen LogP contribution < -0.4 is 4.74 Å². The molecule has 7 heteroatoms. The number of rotatable bonds is 6. The van der Waals surface area contributed by atoms with E-state index in [1.54, 1.807) is 36.3 Å². The van der Waals surface area contributed by atoms with Crippen molar-refractivity contribution in [3.63, 3.8) is 0 Å². The van der Waals surface area contributed by atoms with Gasteiger partial charge in [0.05, 0.1) is 11.6 Å². The summed E-state index contributed by atoms with van der Waals surface area (Å²) < 4.78 is 13.6. The first kappa shape index (κ1) is 18.0. The van der Waals surface area contributed by atoms with Crippen molar-refractivity contribution >= 4 is 23.2 Å². The van der Waals surface area contributed by atoms with Crippen molar-refractivity contribution in [3.8, 4) is 5.75 Å². The average Bonchev–Trinajstić information content (AvgIpc) is 2.96. The molecule has 0 aliphatic rings. The van der Waals surface area contributed by atoms with E-state index in [-0.39, 0.29) is 5.41 Å². The maximum absolute atomic E-state index is 6.18. The molecule has 1 aromatic heterocycles. The second-order valence-electron chi connectivity index (χ2n) is 6.40. The molecule has 0 aliphatic heterocycles. The topological polar surface area (TPSA) is 49.2 Å². The highest BCUT2D eigenvalue weighted by molar-refractivity contribution is 6.35. The van der Waals surface area contributed by atoms with Gasteiger partial charge in [-0.3, -0.25) is 0 Å². The van der Waals surface area contributed by atoms with Crippen LogP contribution in [-0.4, -0.2) is 34.1 Å². The molecule has 0 N–H and O–H groups in total. The molecular weight excluding hydrogens is 337 g/mol. The molecule has 0 bridgehead atoms. The van der Waals surface area contributed by atoms with Gasteiger partial charge in [-0.15, -0.1) is 0 Å². The zero-order chi connectivity index (χ0) is 17.1. The van der Waals surface area contributed by atoms with Crippen molar-refractivity contribution in [1.29, 1.82) is 0 Å². The van der Waals surface area contributed by atoms with E-state index in [0.717, 1.165) is 0 Å². The Kier molecular flexibility index (Phi) is 5.55. The smallest absolute Gasteiger partial charge is 0.138 e. The molecule has 23 heavy (non-hydrogen) atoms. The van der Waals surface area contributed by atoms with Crippen LogP contribution in [-0.2, 0) is 11.3 Å². The van der Waals surface area contributed by atoms with Crippen molar-refractivity contribution in [1.82, 2.24) is 14.8 Å². The highest BCUT2D eigenvalue weighted by Crippen LogP contribution is 2.37. The Hall–Kier alpha value is -1.30. The van der Waals surface area contributed by atoms with Gasteiger partial charge < -0.3 is 9.47 Å². The Balaban J connectivity index is 2.23. The number of hydrogen-bond acceptors (Lipinski definition) is 4. The zero-order valence-electron chi connectivity index (χ0n) is 13.7. The van der Waals surface area contributed by atoms with Gasteiger partial charge >= 0.3 is 0 Å². The molecule has 5 nitrogen and oxygen atoms in total. The van der Waals surface area contributed by atoms with Gasteiger partial charge in [0.1, 0.15) is 30.6 Å². The van der Waals surface area contributed by atoms with Crippen LogP contribution in [0.15, 0.2) is 30.9 Å². The fourth-order valence-corrected chi connectivity index (χ4v) is 2.75. The maximum atomic E-state index is 6.18. The number of benzene rings is 1. The molecule has 1 aromatic carbocycles. The van der Waals surface area contributed by atoms with Crippen LogP contribution in [0.25, 0.3) is 0 Å². The Morgan fingerprint density at radius 2 is 1.96 bits per heavy atom. The first-order valence-electron chi connectivity index (χ1n) is 7.23. The van der Waals surface area contributed by atoms with Gasteiger partial charge in [-0.05, 0) is 23.6 Å². The zero-order valence-corrected chi connectivity index (χ0v) is 15.2. The summed E-state index contributed by atoms with van der Waals surface area (Å²) >= 11 is 12.1. The van der Waals surface area contributed by atoms with Gasteiger partial charge in [0.2, 0.25) is 0 Å². The minimum atomic E-state index is -0.607. The molecular formula is C16H21Cl2N3O2. The van der Waals surface area contributed by atoms with Gasteiger partial charge in [-0.25, -0.2) is 9.67 Å². The third-order valence-corrected chi connectivity index (χ3v) is 4.53. The van der Waals surface area contributed by atoms with Gasteiger partial charge in [-0.2, -0.15) is 5.10 Å². The van der Waals surface area contributed by atoms with Crippen LogP contribution >= 0.6 is 23.2 Å². The van der Waals surface area contributed by atoms with E-state index in [4.69, 9.17) is 32.7 Å². The van der Waals surface area contributed by atoms with Crippen molar-refractivity contribution in [2.45, 2.75) is 32.9 Å². The van der Waals surface area contributed by atoms with E-state index in [1.165, 1.54) is 6.33 Å². The Labute approximate surface area is 146 Å². The molecule has 0 radical (unpaired) electrons. The number of ether oxygens (including phenoxy) is 2. The summed E-state index contributed by atoms with van der Waals surface area (Å²) in [6.45, 7) is 7.12. The lowest BCUT2D eigenvalue weighted by atomic mass is 9.76. The molecule has 2 rings (SSSR count). The van der Waals surface area contributed by atoms with E-state index in [1.807, 2.05) is 0 Å². The molecule has 1 heterocycles. The standard InChI is InChI=1S/C16H21Cl2N3O2/c1-15(2,3)16(22-4,8-21-11-19-10-20-21)9-23-14-6-5-12(17)7-13(14)18/h5-7,10-11H,8-9H2,1-4H3. The van der Waals surface area contributed by atoms with Crippen LogP contribution in [0.4, 0.5) is 0 Å². The highest BCUT2D eigenvalue weighted by atomic mass is 35.5. The second-order valence-corrected chi connectivity index (χ2v) is 7.25. The van der Waals surface area contributed by atoms with Crippen molar-refractivity contribution < 1.29 is 9.47 Å². The van der Waals surface area contributed by atoms with Crippen LogP contribution in [0, 0.1) is 5.41 Å². The lowest BCUT2D eigenvalue weighted by Gasteiger charge is -2.43. The SMILES string of the molecule is COC(COc1ccc(Cl)cc1Cl)(Cn1cncn1)C(C)(C)C. The van der Waals surface area contributed by atoms with Gasteiger partial charge in [0.25, 0.3) is 0 Å². The lowest BCUT2D eigenvalue weighted by Crippen LogP contribution is -2.53. The van der Waals surface area contributed by atoms with Gasteiger partial charge in [-0.1, -0.05) is 44.0 Å². The maximum Gasteiger partial charge on any atom is 0.138 e. The van der Waals surface area contributed by atoms with Crippen LogP contribution in [0.1, 0.15) is 20.8 Å². The summed E-state index contributed by atoms with van der Waals surface area (Å²) in [4.78, 5) is 3.98. The molecule has 0 saturated carbocycles.